The minimum absolute atomic E-state index is 0. The van der Waals surface area contributed by atoms with E-state index in [1.165, 1.54) is 48.5 Å². The number of phenols is 2. The van der Waals surface area contributed by atoms with Gasteiger partial charge in [-0.2, -0.15) is 26.3 Å². The van der Waals surface area contributed by atoms with Crippen LogP contribution in [0.1, 0.15) is 11.1 Å². The monoisotopic (exact) mass is 442 g/mol. The third-order valence-corrected chi connectivity index (χ3v) is 2.77. The van der Waals surface area contributed by atoms with Crippen molar-refractivity contribution < 1.29 is 62.8 Å². The van der Waals surface area contributed by atoms with Crippen molar-refractivity contribution >= 4 is 0 Å². The quantitative estimate of drug-likeness (QED) is 0.642. The first-order valence-electron chi connectivity index (χ1n) is 6.65. The van der Waals surface area contributed by atoms with Gasteiger partial charge in [-0.15, -0.1) is 0 Å². The van der Waals surface area contributed by atoms with Crippen molar-refractivity contribution in [2.75, 3.05) is 0 Å². The smallest absolute Gasteiger partial charge is 0.393 e. The van der Waals surface area contributed by atoms with Gasteiger partial charge in [0.05, 0.1) is 12.8 Å². The molecule has 136 valence electrons. The van der Waals surface area contributed by atoms with Crippen LogP contribution in [0, 0.1) is 0 Å². The van der Waals surface area contributed by atoms with Gasteiger partial charge in [-0.05, 0) is 12.1 Å². The van der Waals surface area contributed by atoms with Gasteiger partial charge in [0, 0.05) is 37.3 Å². The number of rotatable bonds is 2. The summed E-state index contributed by atoms with van der Waals surface area (Å²) in [5.41, 5.74) is -0.185. The molecule has 0 aliphatic carbocycles. The van der Waals surface area contributed by atoms with E-state index in [9.17, 15) is 26.3 Å². The van der Waals surface area contributed by atoms with Gasteiger partial charge in [0.15, 0.2) is 0 Å². The number of alkyl halides is 6. The number of hydrogen-bond donors (Lipinski definition) is 2. The molecule has 0 fully saturated rings. The van der Waals surface area contributed by atoms with E-state index in [0.717, 1.165) is 0 Å². The summed E-state index contributed by atoms with van der Waals surface area (Å²) in [4.78, 5) is 0. The first kappa shape index (κ1) is 23.5. The molecule has 0 unspecified atom stereocenters. The first-order valence-corrected chi connectivity index (χ1v) is 6.65. The zero-order valence-electron chi connectivity index (χ0n) is 12.7. The summed E-state index contributed by atoms with van der Waals surface area (Å²) < 4.78 is 70.9. The van der Waals surface area contributed by atoms with Gasteiger partial charge in [0.25, 0.3) is 0 Å². The third-order valence-electron chi connectivity index (χ3n) is 2.77. The van der Waals surface area contributed by atoms with Crippen LogP contribution in [0.2, 0.25) is 0 Å². The molecule has 2 aromatic rings. The summed E-state index contributed by atoms with van der Waals surface area (Å²) in [6, 6.07) is 10.9. The molecule has 0 aliphatic rings. The van der Waals surface area contributed by atoms with Crippen molar-refractivity contribution in [3.05, 3.63) is 59.7 Å². The van der Waals surface area contributed by atoms with Gasteiger partial charge in [-0.3, -0.25) is 0 Å². The van der Waals surface area contributed by atoms with Crippen LogP contribution in [-0.4, -0.2) is 22.6 Å². The number of halogens is 6. The van der Waals surface area contributed by atoms with Crippen molar-refractivity contribution in [2.24, 2.45) is 0 Å². The fourth-order valence-electron chi connectivity index (χ4n) is 1.75. The molecular formula is C16H14F6O2Zr. The Morgan fingerprint density at radius 1 is 0.600 bits per heavy atom. The molecule has 0 radical (unpaired) electrons. The minimum atomic E-state index is -4.27. The molecular weight excluding hydrogens is 429 g/mol. The van der Waals surface area contributed by atoms with E-state index in [4.69, 9.17) is 10.2 Å². The molecule has 25 heavy (non-hydrogen) atoms. The van der Waals surface area contributed by atoms with E-state index in [1.807, 2.05) is 0 Å². The van der Waals surface area contributed by atoms with Crippen molar-refractivity contribution in [3.8, 4) is 11.5 Å². The van der Waals surface area contributed by atoms with Gasteiger partial charge in [0.2, 0.25) is 0 Å². The second-order valence-electron chi connectivity index (χ2n) is 4.84. The Hall–Kier alpha value is -1.50. The topological polar surface area (TPSA) is 40.5 Å². The van der Waals surface area contributed by atoms with Crippen LogP contribution in [0.4, 0.5) is 26.3 Å². The Morgan fingerprint density at radius 3 is 1.12 bits per heavy atom. The largest absolute Gasteiger partial charge is 0.508 e. The van der Waals surface area contributed by atoms with E-state index >= 15 is 0 Å². The SMILES string of the molecule is Oc1ccccc1CC(F)(F)F.Oc1ccccc1CC(F)(F)F.[Zr]. The van der Waals surface area contributed by atoms with E-state index in [1.54, 1.807) is 0 Å². The molecule has 0 saturated carbocycles. The summed E-state index contributed by atoms with van der Waals surface area (Å²) in [5.74, 6) is -0.621. The number of hydrogen-bond acceptors (Lipinski definition) is 2. The van der Waals surface area contributed by atoms with Gasteiger partial charge in [0.1, 0.15) is 11.5 Å². The molecule has 0 aromatic heterocycles. The van der Waals surface area contributed by atoms with Crippen molar-refractivity contribution in [1.82, 2.24) is 0 Å². The summed E-state index contributed by atoms with van der Waals surface area (Å²) in [6.07, 6.45) is -10.7. The predicted molar refractivity (Wildman–Crippen MR) is 75.7 cm³/mol. The van der Waals surface area contributed by atoms with Gasteiger partial charge in [-0.1, -0.05) is 36.4 Å². The molecule has 0 amide bonds. The average molecular weight is 443 g/mol. The van der Waals surface area contributed by atoms with Crippen LogP contribution in [0.25, 0.3) is 0 Å². The Labute approximate surface area is 159 Å². The standard InChI is InChI=1S/2C8H7F3O.Zr/c2*9-8(10,11)5-6-3-1-2-4-7(6)12;/h2*1-4,12H,5H2;. The molecule has 0 bridgehead atoms. The van der Waals surface area contributed by atoms with Gasteiger partial charge < -0.3 is 10.2 Å². The van der Waals surface area contributed by atoms with Crippen molar-refractivity contribution in [2.45, 2.75) is 25.2 Å². The van der Waals surface area contributed by atoms with Crippen LogP contribution in [0.3, 0.4) is 0 Å². The second-order valence-corrected chi connectivity index (χ2v) is 4.84. The number of aromatic hydroxyl groups is 2. The fourth-order valence-corrected chi connectivity index (χ4v) is 1.75. The normalized spacial score (nSPS) is 11.1. The Morgan fingerprint density at radius 2 is 0.880 bits per heavy atom. The molecule has 2 nitrogen and oxygen atoms in total. The van der Waals surface area contributed by atoms with E-state index < -0.39 is 25.2 Å². The van der Waals surface area contributed by atoms with Crippen LogP contribution in [0.15, 0.2) is 48.5 Å². The van der Waals surface area contributed by atoms with Crippen LogP contribution in [-0.2, 0) is 39.0 Å². The van der Waals surface area contributed by atoms with Crippen LogP contribution >= 0.6 is 0 Å². The van der Waals surface area contributed by atoms with E-state index in [0.29, 0.717) is 0 Å². The molecule has 0 spiro atoms. The maximum absolute atomic E-state index is 11.8. The molecule has 2 aromatic carbocycles. The van der Waals surface area contributed by atoms with Crippen molar-refractivity contribution in [3.63, 3.8) is 0 Å². The number of para-hydroxylation sites is 2. The fraction of sp³-hybridized carbons (Fsp3) is 0.250. The Balaban J connectivity index is 0.000000443. The molecule has 9 heteroatoms. The summed E-state index contributed by atoms with van der Waals surface area (Å²) >= 11 is 0. The zero-order valence-corrected chi connectivity index (χ0v) is 15.2. The summed E-state index contributed by atoms with van der Waals surface area (Å²) in [5, 5.41) is 17.9. The molecule has 0 heterocycles. The summed E-state index contributed by atoms with van der Waals surface area (Å²) in [6.45, 7) is 0. The first-order chi connectivity index (χ1) is 11.0. The van der Waals surface area contributed by atoms with Crippen LogP contribution in [0.5, 0.6) is 11.5 Å². The van der Waals surface area contributed by atoms with E-state index in [-0.39, 0.29) is 48.8 Å². The van der Waals surface area contributed by atoms with Crippen molar-refractivity contribution in [1.29, 1.82) is 0 Å². The predicted octanol–water partition coefficient (Wildman–Crippen LogP) is 4.99. The molecule has 0 aliphatic heterocycles. The Bertz CT molecular complexity index is 598. The number of phenolic OH excluding ortho intramolecular Hbond substituents is 2. The maximum atomic E-state index is 11.8. The van der Waals surface area contributed by atoms with Crippen LogP contribution < -0.4 is 0 Å². The van der Waals surface area contributed by atoms with E-state index in [2.05, 4.69) is 0 Å². The summed E-state index contributed by atoms with van der Waals surface area (Å²) in [7, 11) is 0. The third kappa shape index (κ3) is 10.2. The maximum Gasteiger partial charge on any atom is 0.393 e. The molecule has 2 N–H and O–H groups in total. The average Bonchev–Trinajstić information content (AvgIpc) is 2.42. The molecule has 0 saturated heterocycles. The molecule has 0 atom stereocenters. The molecule has 2 rings (SSSR count). The number of benzene rings is 2. The minimum Gasteiger partial charge on any atom is -0.508 e. The Kier molecular flexibility index (Phi) is 9.26. The van der Waals surface area contributed by atoms with Gasteiger partial charge in [-0.25, -0.2) is 0 Å². The second kappa shape index (κ2) is 9.85. The van der Waals surface area contributed by atoms with Gasteiger partial charge >= 0.3 is 12.4 Å². The zero-order chi connectivity index (χ0) is 18.4.